The van der Waals surface area contributed by atoms with Gasteiger partial charge in [-0.25, -0.2) is 0 Å². The third kappa shape index (κ3) is 3.50. The van der Waals surface area contributed by atoms with Crippen LogP contribution in [-0.2, 0) is 0 Å². The van der Waals surface area contributed by atoms with E-state index in [1.165, 1.54) is 5.56 Å². The van der Waals surface area contributed by atoms with Crippen molar-refractivity contribution in [2.75, 3.05) is 27.2 Å². The second kappa shape index (κ2) is 6.25. The number of rotatable bonds is 4. The highest BCUT2D eigenvalue weighted by Gasteiger charge is 2.21. The van der Waals surface area contributed by atoms with Gasteiger partial charge in [0.05, 0.1) is 11.8 Å². The lowest BCUT2D eigenvalue weighted by Gasteiger charge is -2.20. The first kappa shape index (κ1) is 13.4. The molecule has 4 heteroatoms. The van der Waals surface area contributed by atoms with Gasteiger partial charge in [0.1, 0.15) is 0 Å². The summed E-state index contributed by atoms with van der Waals surface area (Å²) in [6, 6.07) is 11.1. The fourth-order valence-electron chi connectivity index (χ4n) is 1.73. The zero-order chi connectivity index (χ0) is 13.0. The standard InChI is InChI=1S/C14H21N3S/c1-11(17(2)3)9-15-14-16-10-13(18-14)12-7-5-4-6-8-12/h4-8,11,13H,9-10H2,1-3H3,(H,15,16). The number of likely N-dealkylation sites (N-methyl/N-ethyl adjacent to an activating group) is 1. The Balaban J connectivity index is 1.81. The van der Waals surface area contributed by atoms with Crippen molar-refractivity contribution in [1.29, 1.82) is 0 Å². The van der Waals surface area contributed by atoms with E-state index in [0.717, 1.165) is 18.3 Å². The number of amidine groups is 1. The minimum absolute atomic E-state index is 0.475. The number of benzene rings is 1. The molecule has 0 saturated heterocycles. The van der Waals surface area contributed by atoms with Crippen LogP contribution in [0.4, 0.5) is 0 Å². The monoisotopic (exact) mass is 263 g/mol. The SMILES string of the molecule is CC(CNC1=NCC(c2ccccc2)S1)N(C)C. The summed E-state index contributed by atoms with van der Waals surface area (Å²) in [5.41, 5.74) is 1.36. The van der Waals surface area contributed by atoms with E-state index in [4.69, 9.17) is 0 Å². The number of hydrogen-bond donors (Lipinski definition) is 1. The number of thioether (sulfide) groups is 1. The summed E-state index contributed by atoms with van der Waals surface area (Å²) in [6.07, 6.45) is 0. The van der Waals surface area contributed by atoms with Crippen LogP contribution >= 0.6 is 11.8 Å². The highest BCUT2D eigenvalue weighted by molar-refractivity contribution is 8.14. The van der Waals surface area contributed by atoms with Crippen molar-refractivity contribution in [2.24, 2.45) is 4.99 Å². The number of nitrogens with one attached hydrogen (secondary N) is 1. The van der Waals surface area contributed by atoms with Gasteiger partial charge in [-0.1, -0.05) is 42.1 Å². The van der Waals surface area contributed by atoms with Gasteiger partial charge in [0.2, 0.25) is 0 Å². The van der Waals surface area contributed by atoms with Crippen LogP contribution in [0.5, 0.6) is 0 Å². The molecule has 0 fully saturated rings. The molecule has 0 saturated carbocycles. The van der Waals surface area contributed by atoms with Crippen LogP contribution in [0.15, 0.2) is 35.3 Å². The summed E-state index contributed by atoms with van der Waals surface area (Å²) >= 11 is 1.84. The van der Waals surface area contributed by atoms with Crippen molar-refractivity contribution in [3.05, 3.63) is 35.9 Å². The summed E-state index contributed by atoms with van der Waals surface area (Å²) in [4.78, 5) is 6.78. The lowest BCUT2D eigenvalue weighted by Crippen LogP contribution is -2.37. The van der Waals surface area contributed by atoms with Gasteiger partial charge in [0.25, 0.3) is 0 Å². The molecule has 1 heterocycles. The van der Waals surface area contributed by atoms with Gasteiger partial charge in [-0.3, -0.25) is 4.99 Å². The molecule has 3 nitrogen and oxygen atoms in total. The van der Waals surface area contributed by atoms with Gasteiger partial charge < -0.3 is 10.2 Å². The third-order valence-electron chi connectivity index (χ3n) is 3.26. The Bertz CT molecular complexity index is 403. The average molecular weight is 263 g/mol. The molecule has 1 aromatic rings. The van der Waals surface area contributed by atoms with Gasteiger partial charge >= 0.3 is 0 Å². The van der Waals surface area contributed by atoms with Crippen molar-refractivity contribution in [2.45, 2.75) is 18.2 Å². The van der Waals surface area contributed by atoms with Crippen molar-refractivity contribution in [1.82, 2.24) is 10.2 Å². The molecule has 2 unspecified atom stereocenters. The van der Waals surface area contributed by atoms with Gasteiger partial charge in [-0.15, -0.1) is 0 Å². The van der Waals surface area contributed by atoms with Crippen molar-refractivity contribution in [3.63, 3.8) is 0 Å². The van der Waals surface area contributed by atoms with E-state index >= 15 is 0 Å². The maximum atomic E-state index is 4.57. The summed E-state index contributed by atoms with van der Waals surface area (Å²) in [5.74, 6) is 0. The zero-order valence-corrected chi connectivity index (χ0v) is 12.1. The van der Waals surface area contributed by atoms with E-state index in [-0.39, 0.29) is 0 Å². The highest BCUT2D eigenvalue weighted by Crippen LogP contribution is 2.34. The average Bonchev–Trinajstić information content (AvgIpc) is 2.85. The van der Waals surface area contributed by atoms with E-state index in [2.05, 4.69) is 66.6 Å². The zero-order valence-electron chi connectivity index (χ0n) is 11.3. The molecule has 1 aliphatic heterocycles. The first-order valence-electron chi connectivity index (χ1n) is 6.33. The molecule has 98 valence electrons. The lowest BCUT2D eigenvalue weighted by atomic mass is 10.1. The molecule has 1 aliphatic rings. The first-order chi connectivity index (χ1) is 8.66. The molecule has 0 amide bonds. The minimum atomic E-state index is 0.475. The van der Waals surface area contributed by atoms with E-state index in [1.807, 2.05) is 11.8 Å². The van der Waals surface area contributed by atoms with E-state index < -0.39 is 0 Å². The molecule has 0 radical (unpaired) electrons. The number of nitrogens with zero attached hydrogens (tertiary/aromatic N) is 2. The Kier molecular flexibility index (Phi) is 4.66. The topological polar surface area (TPSA) is 27.6 Å². The Labute approximate surface area is 114 Å². The molecule has 2 rings (SSSR count). The molecule has 0 bridgehead atoms. The molecule has 1 aromatic carbocycles. The smallest absolute Gasteiger partial charge is 0.157 e. The fraction of sp³-hybridized carbons (Fsp3) is 0.500. The van der Waals surface area contributed by atoms with E-state index in [9.17, 15) is 0 Å². The summed E-state index contributed by atoms with van der Waals surface area (Å²) in [6.45, 7) is 4.04. The van der Waals surface area contributed by atoms with Crippen molar-refractivity contribution >= 4 is 16.9 Å². The van der Waals surface area contributed by atoms with Crippen LogP contribution in [0.2, 0.25) is 0 Å². The first-order valence-corrected chi connectivity index (χ1v) is 7.21. The third-order valence-corrected chi connectivity index (χ3v) is 4.46. The highest BCUT2D eigenvalue weighted by atomic mass is 32.2. The van der Waals surface area contributed by atoms with Crippen LogP contribution in [0.1, 0.15) is 17.7 Å². The Morgan fingerprint density at radius 3 is 2.78 bits per heavy atom. The van der Waals surface area contributed by atoms with E-state index in [0.29, 0.717) is 11.3 Å². The minimum Gasteiger partial charge on any atom is -0.363 e. The van der Waals surface area contributed by atoms with Gasteiger partial charge in [0.15, 0.2) is 5.17 Å². The summed E-state index contributed by atoms with van der Waals surface area (Å²) < 4.78 is 0. The second-order valence-electron chi connectivity index (χ2n) is 4.86. The Morgan fingerprint density at radius 2 is 2.11 bits per heavy atom. The van der Waals surface area contributed by atoms with Crippen LogP contribution in [-0.4, -0.2) is 43.3 Å². The largest absolute Gasteiger partial charge is 0.363 e. The Morgan fingerprint density at radius 1 is 1.39 bits per heavy atom. The quantitative estimate of drug-likeness (QED) is 0.904. The predicted molar refractivity (Wildman–Crippen MR) is 80.2 cm³/mol. The van der Waals surface area contributed by atoms with Gasteiger partial charge in [-0.2, -0.15) is 0 Å². The van der Waals surface area contributed by atoms with Crippen molar-refractivity contribution in [3.8, 4) is 0 Å². The molecule has 0 spiro atoms. The molecular weight excluding hydrogens is 242 g/mol. The Hall–Kier alpha value is -1.00. The summed E-state index contributed by atoms with van der Waals surface area (Å²) in [7, 11) is 4.20. The molecule has 0 aromatic heterocycles. The number of hydrogen-bond acceptors (Lipinski definition) is 4. The number of aliphatic imine (C=N–C) groups is 1. The molecule has 18 heavy (non-hydrogen) atoms. The van der Waals surface area contributed by atoms with Crippen LogP contribution in [0.25, 0.3) is 0 Å². The summed E-state index contributed by atoms with van der Waals surface area (Å²) in [5, 5.41) is 4.99. The molecule has 0 aliphatic carbocycles. The molecule has 1 N–H and O–H groups in total. The fourth-order valence-corrected chi connectivity index (χ4v) is 2.76. The lowest BCUT2D eigenvalue weighted by molar-refractivity contribution is 0.313. The predicted octanol–water partition coefficient (Wildman–Crippen LogP) is 2.37. The van der Waals surface area contributed by atoms with Crippen LogP contribution in [0.3, 0.4) is 0 Å². The second-order valence-corrected chi connectivity index (χ2v) is 6.05. The van der Waals surface area contributed by atoms with Gasteiger partial charge in [0, 0.05) is 12.6 Å². The van der Waals surface area contributed by atoms with Crippen LogP contribution < -0.4 is 5.32 Å². The van der Waals surface area contributed by atoms with Gasteiger partial charge in [-0.05, 0) is 26.6 Å². The maximum Gasteiger partial charge on any atom is 0.157 e. The van der Waals surface area contributed by atoms with Crippen LogP contribution in [0, 0.1) is 0 Å². The maximum absolute atomic E-state index is 4.57. The van der Waals surface area contributed by atoms with Crippen molar-refractivity contribution < 1.29 is 0 Å². The molecular formula is C14H21N3S. The normalized spacial score (nSPS) is 20.9. The molecule has 2 atom stereocenters. The van der Waals surface area contributed by atoms with E-state index in [1.54, 1.807) is 0 Å².